The molecule has 2 aromatic heterocycles. The summed E-state index contributed by atoms with van der Waals surface area (Å²) < 4.78 is 0. The van der Waals surface area contributed by atoms with E-state index in [0.29, 0.717) is 5.92 Å². The average molecular weight is 309 g/mol. The molecule has 2 fully saturated rings. The Kier molecular flexibility index (Phi) is 4.20. The first kappa shape index (κ1) is 14.6. The molecule has 1 atom stereocenters. The van der Waals surface area contributed by atoms with E-state index in [4.69, 9.17) is 4.98 Å². The van der Waals surface area contributed by atoms with E-state index in [-0.39, 0.29) is 0 Å². The first-order valence-corrected chi connectivity index (χ1v) is 8.65. The molecular formula is C18H23N5. The van der Waals surface area contributed by atoms with Crippen LogP contribution >= 0.6 is 0 Å². The summed E-state index contributed by atoms with van der Waals surface area (Å²) >= 11 is 0. The molecular weight excluding hydrogens is 286 g/mol. The van der Waals surface area contributed by atoms with E-state index in [9.17, 15) is 0 Å². The van der Waals surface area contributed by atoms with Crippen molar-refractivity contribution in [1.82, 2.24) is 20.3 Å². The lowest BCUT2D eigenvalue weighted by Gasteiger charge is -2.25. The number of anilines is 1. The highest BCUT2D eigenvalue weighted by Crippen LogP contribution is 2.32. The van der Waals surface area contributed by atoms with Gasteiger partial charge in [-0.3, -0.25) is 4.98 Å². The lowest BCUT2D eigenvalue weighted by molar-refractivity contribution is 0.455. The summed E-state index contributed by atoms with van der Waals surface area (Å²) in [5.41, 5.74) is 3.43. The van der Waals surface area contributed by atoms with Crippen LogP contribution in [-0.2, 0) is 0 Å². The standard InChI is InChI=1S/C18H23N5/c1-2-10-23(9-1)18-21-13-16(14-5-3-7-19-11-14)17(22-18)15-6-4-8-20-12-15/h3,5,7,11,13,15,20H,1-2,4,6,8-10,12H2/t15-/m1/s1. The summed E-state index contributed by atoms with van der Waals surface area (Å²) in [6.07, 6.45) is 10.6. The fraction of sp³-hybridized carbons (Fsp3) is 0.500. The van der Waals surface area contributed by atoms with Crippen molar-refractivity contribution in [2.24, 2.45) is 0 Å². The van der Waals surface area contributed by atoms with E-state index < -0.39 is 0 Å². The molecule has 2 aliphatic heterocycles. The zero-order chi connectivity index (χ0) is 15.5. The molecule has 4 rings (SSSR count). The minimum atomic E-state index is 0.461. The van der Waals surface area contributed by atoms with Crippen molar-refractivity contribution in [3.63, 3.8) is 0 Å². The van der Waals surface area contributed by atoms with Gasteiger partial charge in [-0.15, -0.1) is 0 Å². The van der Waals surface area contributed by atoms with E-state index in [2.05, 4.69) is 26.3 Å². The maximum atomic E-state index is 5.00. The highest BCUT2D eigenvalue weighted by Gasteiger charge is 2.23. The van der Waals surface area contributed by atoms with Crippen LogP contribution in [0, 0.1) is 0 Å². The number of nitrogens with one attached hydrogen (secondary N) is 1. The Morgan fingerprint density at radius 3 is 2.78 bits per heavy atom. The average Bonchev–Trinajstić information content (AvgIpc) is 3.17. The number of rotatable bonds is 3. The molecule has 2 aromatic rings. The SMILES string of the molecule is c1cncc(-c2cnc(N3CCCC3)nc2[C@@H]2CCCNC2)c1. The molecule has 0 spiro atoms. The molecule has 5 heteroatoms. The Hall–Kier alpha value is -2.01. The number of nitrogens with zero attached hydrogens (tertiary/aromatic N) is 4. The summed E-state index contributed by atoms with van der Waals surface area (Å²) in [6.45, 7) is 4.27. The van der Waals surface area contributed by atoms with Crippen molar-refractivity contribution >= 4 is 5.95 Å². The van der Waals surface area contributed by atoms with Crippen LogP contribution in [0.3, 0.4) is 0 Å². The number of hydrogen-bond acceptors (Lipinski definition) is 5. The van der Waals surface area contributed by atoms with Gasteiger partial charge >= 0.3 is 0 Å². The Morgan fingerprint density at radius 1 is 1.13 bits per heavy atom. The molecule has 0 amide bonds. The Labute approximate surface area is 137 Å². The first-order valence-electron chi connectivity index (χ1n) is 8.65. The molecule has 2 aliphatic rings. The molecule has 4 heterocycles. The van der Waals surface area contributed by atoms with Crippen LogP contribution in [0.2, 0.25) is 0 Å². The number of pyridine rings is 1. The molecule has 0 aromatic carbocycles. The minimum Gasteiger partial charge on any atom is -0.341 e. The third-order valence-corrected chi connectivity index (χ3v) is 4.85. The largest absolute Gasteiger partial charge is 0.341 e. The van der Waals surface area contributed by atoms with E-state index in [0.717, 1.165) is 43.3 Å². The predicted molar refractivity (Wildman–Crippen MR) is 91.6 cm³/mol. The highest BCUT2D eigenvalue weighted by molar-refractivity contribution is 5.65. The topological polar surface area (TPSA) is 53.9 Å². The molecule has 0 unspecified atom stereocenters. The third-order valence-electron chi connectivity index (χ3n) is 4.85. The van der Waals surface area contributed by atoms with Gasteiger partial charge in [0.1, 0.15) is 0 Å². The molecule has 0 bridgehead atoms. The summed E-state index contributed by atoms with van der Waals surface area (Å²) in [5.74, 6) is 1.36. The Morgan fingerprint density at radius 2 is 2.04 bits per heavy atom. The van der Waals surface area contributed by atoms with E-state index in [1.54, 1.807) is 0 Å². The second-order valence-electron chi connectivity index (χ2n) is 6.45. The van der Waals surface area contributed by atoms with Gasteiger partial charge < -0.3 is 10.2 Å². The number of hydrogen-bond donors (Lipinski definition) is 1. The summed E-state index contributed by atoms with van der Waals surface area (Å²) in [4.78, 5) is 16.2. The molecule has 5 nitrogen and oxygen atoms in total. The van der Waals surface area contributed by atoms with Crippen LogP contribution in [-0.4, -0.2) is 41.1 Å². The molecule has 0 radical (unpaired) electrons. The summed E-state index contributed by atoms with van der Waals surface area (Å²) in [5, 5.41) is 3.51. The molecule has 120 valence electrons. The van der Waals surface area contributed by atoms with E-state index in [1.807, 2.05) is 24.7 Å². The van der Waals surface area contributed by atoms with Gasteiger partial charge in [-0.05, 0) is 38.3 Å². The summed E-state index contributed by atoms with van der Waals surface area (Å²) in [6, 6.07) is 4.08. The van der Waals surface area contributed by atoms with Gasteiger partial charge in [0, 0.05) is 55.3 Å². The van der Waals surface area contributed by atoms with Crippen molar-refractivity contribution in [2.75, 3.05) is 31.1 Å². The fourth-order valence-electron chi connectivity index (χ4n) is 3.60. The van der Waals surface area contributed by atoms with Crippen LogP contribution in [0.4, 0.5) is 5.95 Å². The van der Waals surface area contributed by atoms with Crippen molar-refractivity contribution < 1.29 is 0 Å². The lowest BCUT2D eigenvalue weighted by Crippen LogP contribution is -2.30. The molecule has 1 N–H and O–H groups in total. The third kappa shape index (κ3) is 3.06. The second-order valence-corrected chi connectivity index (χ2v) is 6.45. The van der Waals surface area contributed by atoms with Gasteiger partial charge in [-0.1, -0.05) is 6.07 Å². The van der Waals surface area contributed by atoms with Gasteiger partial charge in [0.2, 0.25) is 5.95 Å². The molecule has 0 aliphatic carbocycles. The van der Waals surface area contributed by atoms with Gasteiger partial charge in [0.15, 0.2) is 0 Å². The molecule has 23 heavy (non-hydrogen) atoms. The van der Waals surface area contributed by atoms with Crippen LogP contribution in [0.15, 0.2) is 30.7 Å². The first-order chi connectivity index (χ1) is 11.4. The normalized spacial score (nSPS) is 21.6. The van der Waals surface area contributed by atoms with Crippen molar-refractivity contribution in [3.8, 4) is 11.1 Å². The van der Waals surface area contributed by atoms with Crippen molar-refractivity contribution in [1.29, 1.82) is 0 Å². The lowest BCUT2D eigenvalue weighted by atomic mass is 9.91. The van der Waals surface area contributed by atoms with Gasteiger partial charge in [-0.25, -0.2) is 9.97 Å². The highest BCUT2D eigenvalue weighted by atomic mass is 15.3. The van der Waals surface area contributed by atoms with Crippen molar-refractivity contribution in [3.05, 3.63) is 36.4 Å². The Bertz CT molecular complexity index is 646. The number of aromatic nitrogens is 3. The number of piperidine rings is 1. The van der Waals surface area contributed by atoms with Crippen LogP contribution in [0.5, 0.6) is 0 Å². The maximum absolute atomic E-state index is 5.00. The van der Waals surface area contributed by atoms with Crippen molar-refractivity contribution in [2.45, 2.75) is 31.6 Å². The minimum absolute atomic E-state index is 0.461. The van der Waals surface area contributed by atoms with Gasteiger partial charge in [0.25, 0.3) is 0 Å². The van der Waals surface area contributed by atoms with Crippen LogP contribution < -0.4 is 10.2 Å². The quantitative estimate of drug-likeness (QED) is 0.944. The zero-order valence-electron chi connectivity index (χ0n) is 13.4. The fourth-order valence-corrected chi connectivity index (χ4v) is 3.60. The molecule has 2 saturated heterocycles. The second kappa shape index (κ2) is 6.62. The summed E-state index contributed by atoms with van der Waals surface area (Å²) in [7, 11) is 0. The molecule has 0 saturated carbocycles. The van der Waals surface area contributed by atoms with Crippen LogP contribution in [0.1, 0.15) is 37.3 Å². The van der Waals surface area contributed by atoms with E-state index >= 15 is 0 Å². The smallest absolute Gasteiger partial charge is 0.225 e. The zero-order valence-corrected chi connectivity index (χ0v) is 13.4. The van der Waals surface area contributed by atoms with Crippen LogP contribution in [0.25, 0.3) is 11.1 Å². The maximum Gasteiger partial charge on any atom is 0.225 e. The van der Waals surface area contributed by atoms with Gasteiger partial charge in [0.05, 0.1) is 5.69 Å². The van der Waals surface area contributed by atoms with E-state index in [1.165, 1.54) is 31.4 Å². The predicted octanol–water partition coefficient (Wildman–Crippen LogP) is 2.61. The monoisotopic (exact) mass is 309 g/mol. The Balaban J connectivity index is 1.74. The van der Waals surface area contributed by atoms with Gasteiger partial charge in [-0.2, -0.15) is 0 Å².